The number of halogens is 1. The van der Waals surface area contributed by atoms with E-state index in [-0.39, 0.29) is 12.6 Å². The Balaban J connectivity index is 2.08. The summed E-state index contributed by atoms with van der Waals surface area (Å²) < 4.78 is 12.6. The molecule has 3 N–H and O–H groups in total. The van der Waals surface area contributed by atoms with Crippen LogP contribution in [0.3, 0.4) is 0 Å². The first-order valence-corrected chi connectivity index (χ1v) is 8.94. The molecular weight excluding hydrogens is 346 g/mol. The molecule has 1 saturated carbocycles. The third-order valence-corrected chi connectivity index (χ3v) is 4.91. The summed E-state index contributed by atoms with van der Waals surface area (Å²) in [5.41, 5.74) is 1.16. The average molecular weight is 373 g/mol. The second kappa shape index (κ2) is 8.75. The van der Waals surface area contributed by atoms with Crippen LogP contribution in [-0.2, 0) is 6.54 Å². The molecule has 0 aliphatic heterocycles. The average Bonchev–Trinajstić information content (AvgIpc) is 3.03. The Kier molecular flexibility index (Phi) is 6.99. The lowest BCUT2D eigenvalue weighted by Crippen LogP contribution is -2.89. The fourth-order valence-electron chi connectivity index (χ4n) is 2.85. The maximum atomic E-state index is 9.28. The Bertz CT molecular complexity index is 471. The van der Waals surface area contributed by atoms with E-state index in [4.69, 9.17) is 9.47 Å². The number of hydrogen-bond acceptors (Lipinski definition) is 3. The lowest BCUT2D eigenvalue weighted by Gasteiger charge is -2.18. The Morgan fingerprint density at radius 2 is 2.09 bits per heavy atom. The van der Waals surface area contributed by atoms with Gasteiger partial charge < -0.3 is 19.9 Å². The summed E-state index contributed by atoms with van der Waals surface area (Å²) in [4.78, 5) is 0. The summed E-state index contributed by atoms with van der Waals surface area (Å²) in [5.74, 6) is 1.59. The summed E-state index contributed by atoms with van der Waals surface area (Å²) >= 11 is 3.62. The van der Waals surface area contributed by atoms with Crippen LogP contribution in [0.25, 0.3) is 0 Å². The molecule has 0 aromatic heterocycles. The highest BCUT2D eigenvalue weighted by Crippen LogP contribution is 2.39. The maximum Gasteiger partial charge on any atom is 0.175 e. The molecule has 1 aliphatic rings. The second-order valence-corrected chi connectivity index (χ2v) is 6.78. The minimum Gasteiger partial charge on any atom is -0.493 e. The van der Waals surface area contributed by atoms with E-state index >= 15 is 0 Å². The first-order valence-electron chi connectivity index (χ1n) is 8.15. The van der Waals surface area contributed by atoms with Gasteiger partial charge in [-0.25, -0.2) is 0 Å². The summed E-state index contributed by atoms with van der Waals surface area (Å²) in [6.45, 7) is 3.11. The first-order chi connectivity index (χ1) is 10.7. The molecule has 1 fully saturated rings. The predicted octanol–water partition coefficient (Wildman–Crippen LogP) is 2.61. The summed E-state index contributed by atoms with van der Waals surface area (Å²) in [7, 11) is 1.68. The molecule has 1 aromatic carbocycles. The Morgan fingerprint density at radius 3 is 2.68 bits per heavy atom. The van der Waals surface area contributed by atoms with Gasteiger partial charge in [-0.3, -0.25) is 0 Å². The minimum atomic E-state index is 0.206. The standard InChI is InChI=1S/C17H26BrNO3/c1-3-13(11-20)19-10-12-8-15(18)17(16(9-12)21-2)22-14-6-4-5-7-14/h8-9,13-14,19-20H,3-7,10-11H2,1-2H3/p+1. The van der Waals surface area contributed by atoms with Gasteiger partial charge >= 0.3 is 0 Å². The van der Waals surface area contributed by atoms with Crippen molar-refractivity contribution in [3.05, 3.63) is 22.2 Å². The van der Waals surface area contributed by atoms with Crippen LogP contribution in [0, 0.1) is 0 Å². The van der Waals surface area contributed by atoms with Crippen molar-refractivity contribution in [3.8, 4) is 11.5 Å². The SMILES string of the molecule is CCC(CO)[NH2+]Cc1cc(Br)c(OC2CCCC2)c(OC)c1. The van der Waals surface area contributed by atoms with Crippen molar-refractivity contribution in [2.45, 2.75) is 57.7 Å². The second-order valence-electron chi connectivity index (χ2n) is 5.92. The van der Waals surface area contributed by atoms with Gasteiger partial charge in [-0.05, 0) is 60.2 Å². The van der Waals surface area contributed by atoms with Crippen molar-refractivity contribution in [2.75, 3.05) is 13.7 Å². The number of ether oxygens (including phenoxy) is 2. The fourth-order valence-corrected chi connectivity index (χ4v) is 3.43. The van der Waals surface area contributed by atoms with Gasteiger partial charge in [0.2, 0.25) is 0 Å². The van der Waals surface area contributed by atoms with Crippen molar-refractivity contribution in [1.82, 2.24) is 0 Å². The molecular formula is C17H27BrNO3+. The van der Waals surface area contributed by atoms with Crippen LogP contribution in [0.2, 0.25) is 0 Å². The number of aliphatic hydroxyl groups excluding tert-OH is 1. The maximum absolute atomic E-state index is 9.28. The first kappa shape index (κ1) is 17.6. The smallest absolute Gasteiger partial charge is 0.175 e. The summed E-state index contributed by atoms with van der Waals surface area (Å²) in [6.07, 6.45) is 6.01. The largest absolute Gasteiger partial charge is 0.493 e. The Hall–Kier alpha value is -0.780. The normalized spacial score (nSPS) is 16.7. The number of quaternary nitrogens is 1. The van der Waals surface area contributed by atoms with Gasteiger partial charge in [-0.15, -0.1) is 0 Å². The summed E-state index contributed by atoms with van der Waals surface area (Å²) in [5, 5.41) is 11.4. The number of aliphatic hydroxyl groups is 1. The zero-order valence-electron chi connectivity index (χ0n) is 13.5. The van der Waals surface area contributed by atoms with E-state index in [1.165, 1.54) is 12.8 Å². The van der Waals surface area contributed by atoms with Crippen molar-refractivity contribution in [3.63, 3.8) is 0 Å². The quantitative estimate of drug-likeness (QED) is 0.737. The highest BCUT2D eigenvalue weighted by atomic mass is 79.9. The molecule has 0 heterocycles. The molecule has 0 radical (unpaired) electrons. The van der Waals surface area contributed by atoms with Crippen molar-refractivity contribution >= 4 is 15.9 Å². The number of benzene rings is 1. The van der Waals surface area contributed by atoms with Crippen LogP contribution in [0.15, 0.2) is 16.6 Å². The molecule has 0 saturated heterocycles. The van der Waals surface area contributed by atoms with E-state index in [1.54, 1.807) is 7.11 Å². The van der Waals surface area contributed by atoms with Crippen LogP contribution in [0.4, 0.5) is 0 Å². The van der Waals surface area contributed by atoms with E-state index in [9.17, 15) is 5.11 Å². The number of hydrogen-bond donors (Lipinski definition) is 2. The third kappa shape index (κ3) is 4.61. The zero-order valence-corrected chi connectivity index (χ0v) is 15.1. The molecule has 22 heavy (non-hydrogen) atoms. The van der Waals surface area contributed by atoms with Crippen LogP contribution >= 0.6 is 15.9 Å². The van der Waals surface area contributed by atoms with E-state index in [1.807, 2.05) is 6.07 Å². The number of nitrogens with two attached hydrogens (primary N) is 1. The molecule has 1 unspecified atom stereocenters. The van der Waals surface area contributed by atoms with Gasteiger partial charge in [0.15, 0.2) is 11.5 Å². The highest BCUT2D eigenvalue weighted by molar-refractivity contribution is 9.10. The molecule has 1 aliphatic carbocycles. The Labute approximate surface area is 141 Å². The van der Waals surface area contributed by atoms with Crippen molar-refractivity contribution in [1.29, 1.82) is 0 Å². The van der Waals surface area contributed by atoms with Crippen molar-refractivity contribution in [2.24, 2.45) is 0 Å². The molecule has 2 rings (SSSR count). The number of rotatable bonds is 8. The van der Waals surface area contributed by atoms with Gasteiger partial charge in [-0.2, -0.15) is 0 Å². The van der Waals surface area contributed by atoms with Crippen LogP contribution in [0.1, 0.15) is 44.6 Å². The fraction of sp³-hybridized carbons (Fsp3) is 0.647. The van der Waals surface area contributed by atoms with E-state index in [2.05, 4.69) is 34.2 Å². The summed E-state index contributed by atoms with van der Waals surface area (Å²) in [6, 6.07) is 4.38. The van der Waals surface area contributed by atoms with E-state index < -0.39 is 0 Å². The van der Waals surface area contributed by atoms with Gasteiger partial charge in [0.25, 0.3) is 0 Å². The lowest BCUT2D eigenvalue weighted by molar-refractivity contribution is -0.706. The third-order valence-electron chi connectivity index (χ3n) is 4.32. The highest BCUT2D eigenvalue weighted by Gasteiger charge is 2.21. The van der Waals surface area contributed by atoms with Gasteiger partial charge in [0.1, 0.15) is 12.6 Å². The molecule has 1 atom stereocenters. The van der Waals surface area contributed by atoms with Gasteiger partial charge in [0, 0.05) is 5.56 Å². The van der Waals surface area contributed by atoms with Crippen LogP contribution in [-0.4, -0.2) is 31.0 Å². The molecule has 0 amide bonds. The molecule has 5 heteroatoms. The predicted molar refractivity (Wildman–Crippen MR) is 90.4 cm³/mol. The van der Waals surface area contributed by atoms with Crippen LogP contribution < -0.4 is 14.8 Å². The molecule has 0 spiro atoms. The molecule has 0 bridgehead atoms. The molecule has 4 nitrogen and oxygen atoms in total. The zero-order chi connectivity index (χ0) is 15.9. The molecule has 124 valence electrons. The van der Waals surface area contributed by atoms with Gasteiger partial charge in [-0.1, -0.05) is 6.92 Å². The topological polar surface area (TPSA) is 55.3 Å². The van der Waals surface area contributed by atoms with E-state index in [0.29, 0.717) is 6.10 Å². The molecule has 1 aromatic rings. The van der Waals surface area contributed by atoms with E-state index in [0.717, 1.165) is 47.3 Å². The van der Waals surface area contributed by atoms with Crippen LogP contribution in [0.5, 0.6) is 11.5 Å². The van der Waals surface area contributed by atoms with Crippen molar-refractivity contribution < 1.29 is 19.9 Å². The minimum absolute atomic E-state index is 0.206. The lowest BCUT2D eigenvalue weighted by atomic mass is 10.1. The monoisotopic (exact) mass is 372 g/mol. The van der Waals surface area contributed by atoms with Gasteiger partial charge in [0.05, 0.1) is 24.3 Å². The Morgan fingerprint density at radius 1 is 1.36 bits per heavy atom. The number of methoxy groups -OCH3 is 1.